The fraction of sp³-hybridized carbons (Fsp3) is 0.625. The van der Waals surface area contributed by atoms with E-state index >= 15 is 0 Å². The summed E-state index contributed by atoms with van der Waals surface area (Å²) in [5.41, 5.74) is 3.68. The van der Waals surface area contributed by atoms with Gasteiger partial charge in [-0.05, 0) is 83.6 Å². The molecule has 1 heterocycles. The van der Waals surface area contributed by atoms with Crippen LogP contribution in [-0.4, -0.2) is 35.0 Å². The number of aliphatic hydroxyl groups excluding tert-OH is 1. The van der Waals surface area contributed by atoms with Crippen molar-refractivity contribution in [2.24, 2.45) is 5.92 Å². The molecule has 1 fully saturated rings. The van der Waals surface area contributed by atoms with Crippen LogP contribution in [0.2, 0.25) is 0 Å². The van der Waals surface area contributed by atoms with Crippen LogP contribution in [0.15, 0.2) is 47.6 Å². The third kappa shape index (κ3) is 9.52. The van der Waals surface area contributed by atoms with Gasteiger partial charge in [-0.2, -0.15) is 0 Å². The highest BCUT2D eigenvalue weighted by molar-refractivity contribution is 5.86. The Morgan fingerprint density at radius 3 is 2.43 bits per heavy atom. The van der Waals surface area contributed by atoms with E-state index in [9.17, 15) is 9.90 Å². The maximum Gasteiger partial charge on any atom is 0.333 e. The van der Waals surface area contributed by atoms with Gasteiger partial charge < -0.3 is 14.9 Å². The summed E-state index contributed by atoms with van der Waals surface area (Å²) in [7, 11) is 0. The van der Waals surface area contributed by atoms with Gasteiger partial charge in [0.1, 0.15) is 0 Å². The number of allylic oxidation sites excluding steroid dienone is 4. The molecule has 0 amide bonds. The predicted molar refractivity (Wildman–Crippen MR) is 115 cm³/mol. The Morgan fingerprint density at radius 2 is 1.86 bits per heavy atom. The summed E-state index contributed by atoms with van der Waals surface area (Å²) in [6.45, 7) is 14.5. The number of carboxylic acid groups (broad SMARTS) is 1. The molecule has 0 aromatic heterocycles. The van der Waals surface area contributed by atoms with Crippen molar-refractivity contribution in [2.75, 3.05) is 6.61 Å². The first-order chi connectivity index (χ1) is 13.2. The van der Waals surface area contributed by atoms with Crippen LogP contribution in [0, 0.1) is 5.92 Å². The Bertz CT molecular complexity index is 588. The van der Waals surface area contributed by atoms with E-state index in [1.54, 1.807) is 0 Å². The zero-order chi connectivity index (χ0) is 21.1. The van der Waals surface area contributed by atoms with Gasteiger partial charge in [0.25, 0.3) is 0 Å². The monoisotopic (exact) mass is 390 g/mol. The summed E-state index contributed by atoms with van der Waals surface area (Å²) < 4.78 is 5.68. The van der Waals surface area contributed by atoms with E-state index in [1.165, 1.54) is 11.1 Å². The zero-order valence-electron chi connectivity index (χ0n) is 17.9. The molecule has 4 nitrogen and oxygen atoms in total. The third-order valence-corrected chi connectivity index (χ3v) is 5.40. The Kier molecular flexibility index (Phi) is 11.1. The molecule has 158 valence electrons. The number of aliphatic carboxylic acids is 1. The second-order valence-corrected chi connectivity index (χ2v) is 8.26. The number of ether oxygens (including phenoxy) is 1. The summed E-state index contributed by atoms with van der Waals surface area (Å²) in [4.78, 5) is 10.9. The molecule has 0 saturated carbocycles. The molecule has 1 saturated heterocycles. The van der Waals surface area contributed by atoms with Gasteiger partial charge in [-0.1, -0.05) is 36.5 Å². The molecule has 0 spiro atoms. The van der Waals surface area contributed by atoms with Crippen molar-refractivity contribution >= 4 is 5.97 Å². The van der Waals surface area contributed by atoms with E-state index < -0.39 is 12.1 Å². The predicted octanol–water partition coefficient (Wildman–Crippen LogP) is 5.59. The van der Waals surface area contributed by atoms with E-state index in [0.717, 1.165) is 56.9 Å². The average Bonchev–Trinajstić information content (AvgIpc) is 2.65. The first-order valence-electron chi connectivity index (χ1n) is 10.4. The molecule has 3 atom stereocenters. The highest BCUT2D eigenvalue weighted by Crippen LogP contribution is 2.26. The minimum Gasteiger partial charge on any atom is -0.478 e. The van der Waals surface area contributed by atoms with Crippen LogP contribution in [0.1, 0.15) is 72.1 Å². The van der Waals surface area contributed by atoms with E-state index in [0.29, 0.717) is 12.5 Å². The fourth-order valence-electron chi connectivity index (χ4n) is 3.40. The molecule has 0 aromatic rings. The molecule has 2 N–H and O–H groups in total. The van der Waals surface area contributed by atoms with Gasteiger partial charge >= 0.3 is 5.97 Å². The van der Waals surface area contributed by atoms with E-state index in [1.807, 2.05) is 0 Å². The van der Waals surface area contributed by atoms with Crippen LogP contribution in [0.25, 0.3) is 0 Å². The first-order valence-corrected chi connectivity index (χ1v) is 10.4. The highest BCUT2D eigenvalue weighted by atomic mass is 16.5. The van der Waals surface area contributed by atoms with Crippen molar-refractivity contribution < 1.29 is 19.7 Å². The maximum absolute atomic E-state index is 10.9. The minimum absolute atomic E-state index is 0.162. The Hall–Kier alpha value is -1.65. The van der Waals surface area contributed by atoms with Crippen molar-refractivity contribution in [1.82, 2.24) is 0 Å². The molecule has 1 aliphatic rings. The summed E-state index contributed by atoms with van der Waals surface area (Å²) in [6.07, 6.45) is 10.8. The lowest BCUT2D eigenvalue weighted by Gasteiger charge is -2.28. The number of hydrogen-bond donors (Lipinski definition) is 2. The SMILES string of the molecule is C=C(CCC=C(C)C)C(O)CCC(C)=CCCC1CCC(C(=C)C(=O)O)OC1. The molecule has 0 radical (unpaired) electrons. The highest BCUT2D eigenvalue weighted by Gasteiger charge is 2.26. The van der Waals surface area contributed by atoms with Crippen LogP contribution in [0.3, 0.4) is 0 Å². The Morgan fingerprint density at radius 1 is 1.14 bits per heavy atom. The molecule has 1 rings (SSSR count). The molecular weight excluding hydrogens is 352 g/mol. The van der Waals surface area contributed by atoms with Gasteiger partial charge in [0.15, 0.2) is 0 Å². The quantitative estimate of drug-likeness (QED) is 0.336. The molecule has 1 aliphatic heterocycles. The molecular formula is C24H38O4. The number of aliphatic hydroxyl groups is 1. The standard InChI is InChI=1S/C24H38O4/c1-17(2)8-6-10-19(4)22(25)14-12-18(3)9-7-11-21-13-15-23(28-16-21)20(5)24(26)27/h8-9,21-23,25H,4-7,10-16H2,1-3H3,(H,26,27). The van der Waals surface area contributed by atoms with Gasteiger partial charge in [0, 0.05) is 0 Å². The van der Waals surface area contributed by atoms with Crippen molar-refractivity contribution in [3.05, 3.63) is 47.6 Å². The molecule has 4 heteroatoms. The number of hydrogen-bond acceptors (Lipinski definition) is 3. The van der Waals surface area contributed by atoms with Gasteiger partial charge in [-0.25, -0.2) is 4.79 Å². The van der Waals surface area contributed by atoms with E-state index in [-0.39, 0.29) is 11.7 Å². The molecule has 0 aliphatic carbocycles. The lowest BCUT2D eigenvalue weighted by atomic mass is 9.91. The van der Waals surface area contributed by atoms with Gasteiger partial charge in [0.05, 0.1) is 24.4 Å². The summed E-state index contributed by atoms with van der Waals surface area (Å²) in [6, 6.07) is 0. The van der Waals surface area contributed by atoms with Crippen molar-refractivity contribution in [2.45, 2.75) is 84.3 Å². The van der Waals surface area contributed by atoms with Crippen molar-refractivity contribution in [3.8, 4) is 0 Å². The van der Waals surface area contributed by atoms with Crippen molar-refractivity contribution in [3.63, 3.8) is 0 Å². The molecule has 28 heavy (non-hydrogen) atoms. The normalized spacial score (nSPS) is 21.1. The van der Waals surface area contributed by atoms with Gasteiger partial charge in [0.2, 0.25) is 0 Å². The number of carbonyl (C=O) groups is 1. The topological polar surface area (TPSA) is 66.8 Å². The maximum atomic E-state index is 10.9. The van der Waals surface area contributed by atoms with Crippen LogP contribution >= 0.6 is 0 Å². The van der Waals surface area contributed by atoms with E-state index in [4.69, 9.17) is 9.84 Å². The first kappa shape index (κ1) is 24.4. The Balaban J connectivity index is 2.23. The Labute approximate surface area is 170 Å². The van der Waals surface area contributed by atoms with Crippen LogP contribution in [-0.2, 0) is 9.53 Å². The van der Waals surface area contributed by atoms with Gasteiger partial charge in [-0.3, -0.25) is 0 Å². The van der Waals surface area contributed by atoms with Crippen molar-refractivity contribution in [1.29, 1.82) is 0 Å². The van der Waals surface area contributed by atoms with Crippen LogP contribution < -0.4 is 0 Å². The van der Waals surface area contributed by atoms with Crippen LogP contribution in [0.4, 0.5) is 0 Å². The summed E-state index contributed by atoms with van der Waals surface area (Å²) >= 11 is 0. The number of carboxylic acids is 1. The third-order valence-electron chi connectivity index (χ3n) is 5.40. The second kappa shape index (κ2) is 12.7. The van der Waals surface area contributed by atoms with E-state index in [2.05, 4.69) is 46.1 Å². The van der Waals surface area contributed by atoms with Gasteiger partial charge in [-0.15, -0.1) is 0 Å². The fourth-order valence-corrected chi connectivity index (χ4v) is 3.40. The number of rotatable bonds is 12. The largest absolute Gasteiger partial charge is 0.478 e. The second-order valence-electron chi connectivity index (χ2n) is 8.26. The zero-order valence-corrected chi connectivity index (χ0v) is 17.9. The minimum atomic E-state index is -0.969. The molecule has 3 unspecified atom stereocenters. The average molecular weight is 391 g/mol. The summed E-state index contributed by atoms with van der Waals surface area (Å²) in [5, 5.41) is 19.2. The lowest BCUT2D eigenvalue weighted by Crippen LogP contribution is -2.29. The molecule has 0 bridgehead atoms. The lowest BCUT2D eigenvalue weighted by molar-refractivity contribution is -0.134. The summed E-state index contributed by atoms with van der Waals surface area (Å²) in [5.74, 6) is -0.494. The smallest absolute Gasteiger partial charge is 0.333 e. The van der Waals surface area contributed by atoms with Crippen LogP contribution in [0.5, 0.6) is 0 Å². The molecule has 0 aromatic carbocycles.